The van der Waals surface area contributed by atoms with Gasteiger partial charge in [-0.25, -0.2) is 4.39 Å². The Balaban J connectivity index is 2.42. The molecule has 5 nitrogen and oxygen atoms in total. The van der Waals surface area contributed by atoms with Crippen molar-refractivity contribution in [2.45, 2.75) is 20.4 Å². The monoisotopic (exact) mass is 313 g/mol. The van der Waals surface area contributed by atoms with E-state index in [1.807, 2.05) is 13.8 Å². The highest BCUT2D eigenvalue weighted by atomic mass is 79.9. The van der Waals surface area contributed by atoms with Crippen molar-refractivity contribution in [2.75, 3.05) is 6.54 Å². The molecule has 2 rings (SSSR count). The average Bonchev–Trinajstić information content (AvgIpc) is 2.79. The van der Waals surface area contributed by atoms with E-state index in [1.54, 1.807) is 10.7 Å². The molecule has 1 aromatic heterocycles. The van der Waals surface area contributed by atoms with E-state index >= 15 is 0 Å². The summed E-state index contributed by atoms with van der Waals surface area (Å²) in [6.45, 7) is 5.25. The van der Waals surface area contributed by atoms with Gasteiger partial charge < -0.3 is 5.32 Å². The first-order valence-corrected chi connectivity index (χ1v) is 6.36. The minimum atomic E-state index is -0.333. The molecule has 0 aliphatic rings. The molecule has 1 aromatic carbocycles. The largest absolute Gasteiger partial charge is 0.310 e. The van der Waals surface area contributed by atoms with E-state index in [0.29, 0.717) is 22.5 Å². The van der Waals surface area contributed by atoms with Crippen molar-refractivity contribution in [1.29, 1.82) is 0 Å². The molecule has 0 saturated carbocycles. The van der Waals surface area contributed by atoms with Crippen LogP contribution in [0.4, 0.5) is 4.39 Å². The molecular weight excluding hydrogens is 301 g/mol. The number of aromatic nitrogens is 4. The summed E-state index contributed by atoms with van der Waals surface area (Å²) in [4.78, 5) is 0. The predicted octanol–water partition coefficient (Wildman–Crippen LogP) is 1.98. The van der Waals surface area contributed by atoms with Crippen LogP contribution >= 0.6 is 15.9 Å². The first-order chi connectivity index (χ1) is 8.63. The fourth-order valence-electron chi connectivity index (χ4n) is 1.60. The molecule has 0 spiro atoms. The van der Waals surface area contributed by atoms with Gasteiger partial charge in [-0.3, -0.25) is 0 Å². The number of rotatable bonds is 4. The molecule has 0 unspecified atom stereocenters. The van der Waals surface area contributed by atoms with Crippen LogP contribution < -0.4 is 5.32 Å². The van der Waals surface area contributed by atoms with Crippen LogP contribution in [-0.4, -0.2) is 26.8 Å². The third-order valence-electron chi connectivity index (χ3n) is 2.53. The number of tetrazole rings is 1. The van der Waals surface area contributed by atoms with Gasteiger partial charge in [0, 0.05) is 6.07 Å². The number of nitrogens with zero attached hydrogens (tertiary/aromatic N) is 4. The lowest BCUT2D eigenvalue weighted by Gasteiger charge is -2.09. The van der Waals surface area contributed by atoms with E-state index in [0.717, 1.165) is 12.1 Å². The summed E-state index contributed by atoms with van der Waals surface area (Å²) in [6, 6.07) is 3.13. The quantitative estimate of drug-likeness (QED) is 0.937. The van der Waals surface area contributed by atoms with Crippen LogP contribution in [0.3, 0.4) is 0 Å². The van der Waals surface area contributed by atoms with Crippen molar-refractivity contribution in [3.05, 3.63) is 33.8 Å². The van der Waals surface area contributed by atoms with Gasteiger partial charge in [-0.05, 0) is 51.5 Å². The van der Waals surface area contributed by atoms with Crippen molar-refractivity contribution >= 4 is 15.9 Å². The molecule has 7 heteroatoms. The SMILES string of the molecule is CCNCc1nnnn1-c1cc(F)c(Br)cc1C. The maximum absolute atomic E-state index is 13.6. The molecule has 0 aliphatic carbocycles. The van der Waals surface area contributed by atoms with Gasteiger partial charge in [0.2, 0.25) is 0 Å². The van der Waals surface area contributed by atoms with Crippen LogP contribution in [0.5, 0.6) is 0 Å². The number of hydrogen-bond acceptors (Lipinski definition) is 4. The average molecular weight is 314 g/mol. The first-order valence-electron chi connectivity index (χ1n) is 5.57. The summed E-state index contributed by atoms with van der Waals surface area (Å²) in [6.07, 6.45) is 0. The lowest BCUT2D eigenvalue weighted by molar-refractivity contribution is 0.614. The van der Waals surface area contributed by atoms with Crippen LogP contribution in [0.25, 0.3) is 5.69 Å². The van der Waals surface area contributed by atoms with Crippen LogP contribution in [0, 0.1) is 12.7 Å². The van der Waals surface area contributed by atoms with Crippen LogP contribution in [0.2, 0.25) is 0 Å². The minimum absolute atomic E-state index is 0.333. The minimum Gasteiger partial charge on any atom is -0.310 e. The molecule has 1 heterocycles. The molecule has 0 radical (unpaired) electrons. The zero-order valence-corrected chi connectivity index (χ0v) is 11.7. The summed E-state index contributed by atoms with van der Waals surface area (Å²) in [5, 5.41) is 14.6. The molecule has 0 aliphatic heterocycles. The molecule has 0 bridgehead atoms. The van der Waals surface area contributed by atoms with Crippen LogP contribution in [-0.2, 0) is 6.54 Å². The van der Waals surface area contributed by atoms with Crippen LogP contribution in [0.15, 0.2) is 16.6 Å². The zero-order valence-electron chi connectivity index (χ0n) is 10.1. The van der Waals surface area contributed by atoms with Crippen LogP contribution in [0.1, 0.15) is 18.3 Å². The normalized spacial score (nSPS) is 10.9. The second-order valence-corrected chi connectivity index (χ2v) is 4.69. The fourth-order valence-corrected chi connectivity index (χ4v) is 2.06. The third-order valence-corrected chi connectivity index (χ3v) is 3.14. The standard InChI is InChI=1S/C11H13BrFN5/c1-3-14-6-11-15-16-17-18(11)10-5-9(13)8(12)4-7(10)2/h4-5,14H,3,6H2,1-2H3. The summed E-state index contributed by atoms with van der Waals surface area (Å²) in [5.74, 6) is 0.321. The van der Waals surface area contributed by atoms with Gasteiger partial charge >= 0.3 is 0 Å². The molecule has 0 amide bonds. The topological polar surface area (TPSA) is 55.6 Å². The Kier molecular flexibility index (Phi) is 4.03. The highest BCUT2D eigenvalue weighted by Crippen LogP contribution is 2.23. The Morgan fingerprint density at radius 2 is 2.22 bits per heavy atom. The molecule has 2 aromatic rings. The molecule has 0 saturated heterocycles. The maximum Gasteiger partial charge on any atom is 0.170 e. The molecular formula is C11H13BrFN5. The Morgan fingerprint density at radius 1 is 1.44 bits per heavy atom. The first kappa shape index (κ1) is 13.1. The molecule has 96 valence electrons. The Labute approximate surface area is 113 Å². The number of halogens is 2. The Bertz CT molecular complexity index is 554. The number of benzene rings is 1. The van der Waals surface area contributed by atoms with E-state index in [9.17, 15) is 4.39 Å². The molecule has 1 N–H and O–H groups in total. The predicted molar refractivity (Wildman–Crippen MR) is 68.9 cm³/mol. The molecule has 18 heavy (non-hydrogen) atoms. The second kappa shape index (κ2) is 5.53. The van der Waals surface area contributed by atoms with Crippen molar-refractivity contribution in [3.63, 3.8) is 0 Å². The summed E-state index contributed by atoms with van der Waals surface area (Å²) >= 11 is 3.16. The van der Waals surface area contributed by atoms with Gasteiger partial charge in [-0.1, -0.05) is 6.92 Å². The second-order valence-electron chi connectivity index (χ2n) is 3.84. The van der Waals surface area contributed by atoms with Crippen molar-refractivity contribution in [3.8, 4) is 5.69 Å². The van der Waals surface area contributed by atoms with Gasteiger partial charge in [0.15, 0.2) is 5.82 Å². The number of nitrogens with one attached hydrogen (secondary N) is 1. The maximum atomic E-state index is 13.6. The van der Waals surface area contributed by atoms with Crippen molar-refractivity contribution in [2.24, 2.45) is 0 Å². The van der Waals surface area contributed by atoms with Gasteiger partial charge in [-0.2, -0.15) is 4.68 Å². The van der Waals surface area contributed by atoms with Crippen molar-refractivity contribution in [1.82, 2.24) is 25.5 Å². The number of hydrogen-bond donors (Lipinski definition) is 1. The highest BCUT2D eigenvalue weighted by Gasteiger charge is 2.12. The van der Waals surface area contributed by atoms with E-state index < -0.39 is 0 Å². The highest BCUT2D eigenvalue weighted by molar-refractivity contribution is 9.10. The summed E-state index contributed by atoms with van der Waals surface area (Å²) in [7, 11) is 0. The third kappa shape index (κ3) is 2.56. The smallest absolute Gasteiger partial charge is 0.170 e. The molecule has 0 fully saturated rings. The van der Waals surface area contributed by atoms with E-state index in [-0.39, 0.29) is 5.82 Å². The van der Waals surface area contributed by atoms with E-state index in [4.69, 9.17) is 0 Å². The van der Waals surface area contributed by atoms with E-state index in [2.05, 4.69) is 36.8 Å². The Morgan fingerprint density at radius 3 is 2.94 bits per heavy atom. The summed E-state index contributed by atoms with van der Waals surface area (Å²) in [5.41, 5.74) is 1.54. The van der Waals surface area contributed by atoms with Gasteiger partial charge in [0.05, 0.1) is 16.7 Å². The molecule has 0 atom stereocenters. The zero-order chi connectivity index (χ0) is 13.1. The summed E-state index contributed by atoms with van der Waals surface area (Å²) < 4.78 is 15.6. The lowest BCUT2D eigenvalue weighted by Crippen LogP contribution is -2.16. The van der Waals surface area contributed by atoms with E-state index in [1.165, 1.54) is 6.07 Å². The van der Waals surface area contributed by atoms with Gasteiger partial charge in [0.25, 0.3) is 0 Å². The Hall–Kier alpha value is -1.34. The fraction of sp³-hybridized carbons (Fsp3) is 0.364. The number of aryl methyl sites for hydroxylation is 1. The van der Waals surface area contributed by atoms with Crippen molar-refractivity contribution < 1.29 is 4.39 Å². The van der Waals surface area contributed by atoms with Gasteiger partial charge in [-0.15, -0.1) is 5.10 Å². The lowest BCUT2D eigenvalue weighted by atomic mass is 10.2. The van der Waals surface area contributed by atoms with Gasteiger partial charge in [0.1, 0.15) is 5.82 Å².